The molecule has 0 saturated carbocycles. The summed E-state index contributed by atoms with van der Waals surface area (Å²) >= 11 is 6.08. The summed E-state index contributed by atoms with van der Waals surface area (Å²) in [4.78, 5) is 24.6. The Morgan fingerprint density at radius 3 is 2.52 bits per heavy atom. The molecule has 0 aliphatic carbocycles. The normalized spacial score (nSPS) is 14.6. The van der Waals surface area contributed by atoms with Crippen LogP contribution >= 0.6 is 11.6 Å². The summed E-state index contributed by atoms with van der Waals surface area (Å²) in [5, 5.41) is 3.82. The zero-order valence-corrected chi connectivity index (χ0v) is 18.3. The van der Waals surface area contributed by atoms with Crippen molar-refractivity contribution in [2.45, 2.75) is 17.6 Å². The number of hydrogen-bond donors (Lipinski definition) is 0. The number of benzene rings is 1. The maximum Gasteiger partial charge on any atom is 0.316 e. The molecule has 0 N–H and O–H groups in total. The first kappa shape index (κ1) is 21.3. The fourth-order valence-corrected chi connectivity index (χ4v) is 5.61. The molecule has 0 bridgehead atoms. The third-order valence-corrected chi connectivity index (χ3v) is 7.27. The quantitative estimate of drug-likeness (QED) is 0.569. The van der Waals surface area contributed by atoms with Gasteiger partial charge >= 0.3 is 11.8 Å². The first-order chi connectivity index (χ1) is 14.8. The molecule has 0 radical (unpaired) electrons. The van der Waals surface area contributed by atoms with Gasteiger partial charge in [0.25, 0.3) is 0 Å². The van der Waals surface area contributed by atoms with Crippen LogP contribution in [0.2, 0.25) is 5.02 Å². The van der Waals surface area contributed by atoms with E-state index in [2.05, 4.69) is 20.0 Å². The molecule has 162 valence electrons. The highest BCUT2D eigenvalue weighted by molar-refractivity contribution is 7.90. The van der Waals surface area contributed by atoms with Gasteiger partial charge in [-0.05, 0) is 30.7 Å². The summed E-state index contributed by atoms with van der Waals surface area (Å²) in [7, 11) is -3.80. The Labute approximate surface area is 184 Å². The Kier molecular flexibility index (Phi) is 5.92. The van der Waals surface area contributed by atoms with Gasteiger partial charge in [0.1, 0.15) is 5.75 Å². The van der Waals surface area contributed by atoms with Crippen LogP contribution in [-0.2, 0) is 15.6 Å². The number of piperazine rings is 1. The summed E-state index contributed by atoms with van der Waals surface area (Å²) in [6.45, 7) is 3.93. The van der Waals surface area contributed by atoms with Crippen molar-refractivity contribution < 1.29 is 17.7 Å². The predicted octanol–water partition coefficient (Wildman–Crippen LogP) is 2.36. The van der Waals surface area contributed by atoms with E-state index in [-0.39, 0.29) is 21.6 Å². The standard InChI is InChI=1S/C20H20ClN5O4S/c1-14-3-2-4-16(21)18(14)31(28,29)13-17-23-19(30-24-17)20(27)26-11-9-25(10-12-26)15-5-7-22-8-6-15/h2-8H,9-13H2,1H3. The number of halogens is 1. The van der Waals surface area contributed by atoms with Crippen LogP contribution < -0.4 is 4.90 Å². The van der Waals surface area contributed by atoms with Crippen LogP contribution in [0.5, 0.6) is 0 Å². The lowest BCUT2D eigenvalue weighted by Crippen LogP contribution is -2.48. The van der Waals surface area contributed by atoms with Gasteiger partial charge in [0, 0.05) is 44.3 Å². The molecule has 11 heteroatoms. The number of amides is 1. The van der Waals surface area contributed by atoms with E-state index in [0.29, 0.717) is 31.7 Å². The summed E-state index contributed by atoms with van der Waals surface area (Å²) in [6, 6.07) is 8.69. The molecule has 9 nitrogen and oxygen atoms in total. The third-order valence-electron chi connectivity index (χ3n) is 5.04. The average Bonchev–Trinajstić information content (AvgIpc) is 3.21. The lowest BCUT2D eigenvalue weighted by molar-refractivity contribution is 0.0696. The molecule has 4 rings (SSSR count). The summed E-state index contributed by atoms with van der Waals surface area (Å²) in [6.07, 6.45) is 3.45. The number of rotatable bonds is 5. The summed E-state index contributed by atoms with van der Waals surface area (Å²) in [5.41, 5.74) is 1.57. The van der Waals surface area contributed by atoms with Crippen molar-refractivity contribution in [1.82, 2.24) is 20.0 Å². The topological polar surface area (TPSA) is 110 Å². The maximum atomic E-state index is 12.8. The van der Waals surface area contributed by atoms with Crippen molar-refractivity contribution in [3.8, 4) is 0 Å². The van der Waals surface area contributed by atoms with Crippen molar-refractivity contribution in [2.24, 2.45) is 0 Å². The van der Waals surface area contributed by atoms with Crippen LogP contribution in [0.1, 0.15) is 22.1 Å². The Balaban J connectivity index is 1.43. The minimum atomic E-state index is -3.80. The molecule has 31 heavy (non-hydrogen) atoms. The van der Waals surface area contributed by atoms with Crippen LogP contribution in [0.25, 0.3) is 0 Å². The second-order valence-electron chi connectivity index (χ2n) is 7.15. The highest BCUT2D eigenvalue weighted by atomic mass is 35.5. The van der Waals surface area contributed by atoms with Gasteiger partial charge in [0.2, 0.25) is 0 Å². The van der Waals surface area contributed by atoms with Gasteiger partial charge in [-0.3, -0.25) is 9.78 Å². The fraction of sp³-hybridized carbons (Fsp3) is 0.300. The van der Waals surface area contributed by atoms with Gasteiger partial charge < -0.3 is 14.3 Å². The molecule has 0 spiro atoms. The zero-order chi connectivity index (χ0) is 22.0. The third kappa shape index (κ3) is 4.54. The van der Waals surface area contributed by atoms with E-state index in [1.165, 1.54) is 6.07 Å². The van der Waals surface area contributed by atoms with Gasteiger partial charge in [-0.1, -0.05) is 28.9 Å². The Bertz CT molecular complexity index is 1170. The lowest BCUT2D eigenvalue weighted by Gasteiger charge is -2.35. The van der Waals surface area contributed by atoms with Crippen LogP contribution in [-0.4, -0.2) is 60.5 Å². The number of sulfone groups is 1. The zero-order valence-electron chi connectivity index (χ0n) is 16.7. The number of carbonyl (C=O) groups is 1. The highest BCUT2D eigenvalue weighted by Gasteiger charge is 2.28. The largest absolute Gasteiger partial charge is 0.368 e. The molecular formula is C20H20ClN5O4S. The average molecular weight is 462 g/mol. The minimum absolute atomic E-state index is 0.0292. The molecule has 1 aromatic carbocycles. The molecular weight excluding hydrogens is 442 g/mol. The fourth-order valence-electron chi connectivity index (χ4n) is 3.51. The summed E-state index contributed by atoms with van der Waals surface area (Å²) in [5.74, 6) is -1.24. The van der Waals surface area contributed by atoms with Gasteiger partial charge in [-0.15, -0.1) is 0 Å². The summed E-state index contributed by atoms with van der Waals surface area (Å²) < 4.78 is 30.6. The predicted molar refractivity (Wildman–Crippen MR) is 114 cm³/mol. The van der Waals surface area contributed by atoms with E-state index in [9.17, 15) is 13.2 Å². The Hall–Kier alpha value is -2.98. The Morgan fingerprint density at radius 2 is 1.84 bits per heavy atom. The Morgan fingerprint density at radius 1 is 1.13 bits per heavy atom. The SMILES string of the molecule is Cc1cccc(Cl)c1S(=O)(=O)Cc1noc(C(=O)N2CCN(c3ccncc3)CC2)n1. The molecule has 3 heterocycles. The second-order valence-corrected chi connectivity index (χ2v) is 9.48. The van der Waals surface area contributed by atoms with Crippen molar-refractivity contribution >= 4 is 33.0 Å². The van der Waals surface area contributed by atoms with E-state index in [1.54, 1.807) is 36.4 Å². The maximum absolute atomic E-state index is 12.8. The van der Waals surface area contributed by atoms with Gasteiger partial charge in [0.15, 0.2) is 15.7 Å². The second kappa shape index (κ2) is 8.64. The van der Waals surface area contributed by atoms with Crippen molar-refractivity contribution in [3.63, 3.8) is 0 Å². The molecule has 1 aliphatic heterocycles. The first-order valence-electron chi connectivity index (χ1n) is 9.60. The number of nitrogens with zero attached hydrogens (tertiary/aromatic N) is 5. The lowest BCUT2D eigenvalue weighted by atomic mass is 10.2. The van der Waals surface area contributed by atoms with Crippen molar-refractivity contribution in [2.75, 3.05) is 31.1 Å². The van der Waals surface area contributed by atoms with E-state index >= 15 is 0 Å². The molecule has 0 atom stereocenters. The number of pyridine rings is 1. The van der Waals surface area contributed by atoms with Gasteiger partial charge in [-0.2, -0.15) is 4.98 Å². The minimum Gasteiger partial charge on any atom is -0.368 e. The number of aromatic nitrogens is 3. The highest BCUT2D eigenvalue weighted by Crippen LogP contribution is 2.27. The van der Waals surface area contributed by atoms with Crippen LogP contribution in [0.15, 0.2) is 52.1 Å². The molecule has 1 fully saturated rings. The van der Waals surface area contributed by atoms with Crippen LogP contribution in [0.4, 0.5) is 5.69 Å². The number of anilines is 1. The van der Waals surface area contributed by atoms with E-state index in [4.69, 9.17) is 16.1 Å². The monoisotopic (exact) mass is 461 g/mol. The molecule has 0 unspecified atom stereocenters. The van der Waals surface area contributed by atoms with Gasteiger partial charge in [-0.25, -0.2) is 8.42 Å². The molecule has 1 saturated heterocycles. The number of carbonyl (C=O) groups excluding carboxylic acids is 1. The van der Waals surface area contributed by atoms with Crippen LogP contribution in [0.3, 0.4) is 0 Å². The van der Waals surface area contributed by atoms with Gasteiger partial charge in [0.05, 0.1) is 9.92 Å². The molecule has 3 aromatic rings. The molecule has 1 amide bonds. The smallest absolute Gasteiger partial charge is 0.316 e. The first-order valence-corrected chi connectivity index (χ1v) is 11.6. The number of hydrogen-bond acceptors (Lipinski definition) is 8. The number of aryl methyl sites for hydroxylation is 1. The van der Waals surface area contributed by atoms with E-state index in [1.807, 2.05) is 12.1 Å². The van der Waals surface area contributed by atoms with Crippen LogP contribution in [0, 0.1) is 6.92 Å². The van der Waals surface area contributed by atoms with E-state index in [0.717, 1.165) is 5.69 Å². The van der Waals surface area contributed by atoms with E-state index < -0.39 is 21.5 Å². The van der Waals surface area contributed by atoms with Crippen molar-refractivity contribution in [1.29, 1.82) is 0 Å². The molecule has 2 aromatic heterocycles. The van der Waals surface area contributed by atoms with Crippen molar-refractivity contribution in [3.05, 3.63) is 65.0 Å². The molecule has 1 aliphatic rings.